The fourth-order valence-electron chi connectivity index (χ4n) is 3.96. The lowest BCUT2D eigenvalue weighted by Crippen LogP contribution is -2.54. The van der Waals surface area contributed by atoms with Crippen LogP contribution < -0.4 is 20.1 Å². The van der Waals surface area contributed by atoms with Gasteiger partial charge in [0.1, 0.15) is 12.1 Å². The minimum atomic E-state index is -0.853. The molecule has 0 aromatic heterocycles. The van der Waals surface area contributed by atoms with Gasteiger partial charge in [-0.2, -0.15) is 0 Å². The van der Waals surface area contributed by atoms with Crippen LogP contribution in [0.3, 0.4) is 0 Å². The Bertz CT molecular complexity index is 780. The molecule has 3 aliphatic rings. The molecule has 0 radical (unpaired) electrons. The maximum absolute atomic E-state index is 12.9. The van der Waals surface area contributed by atoms with Gasteiger partial charge < -0.3 is 20.1 Å². The number of rotatable bonds is 3. The molecule has 26 heavy (non-hydrogen) atoms. The highest BCUT2D eigenvalue weighted by Gasteiger charge is 2.55. The van der Waals surface area contributed by atoms with E-state index in [2.05, 4.69) is 10.6 Å². The third kappa shape index (κ3) is 2.65. The molecule has 2 N–H and O–H groups in total. The van der Waals surface area contributed by atoms with Gasteiger partial charge in [-0.1, -0.05) is 19.8 Å². The summed E-state index contributed by atoms with van der Waals surface area (Å²) in [6, 6.07) is 4.54. The molecule has 2 fully saturated rings. The third-order valence-electron chi connectivity index (χ3n) is 5.46. The Balaban J connectivity index is 1.44. The van der Waals surface area contributed by atoms with Gasteiger partial charge in [-0.05, 0) is 30.9 Å². The molecular formula is C18H21N3O5. The number of urea groups is 1. The molecule has 1 spiro atoms. The first-order valence-electron chi connectivity index (χ1n) is 8.83. The van der Waals surface area contributed by atoms with Crippen molar-refractivity contribution >= 4 is 23.5 Å². The zero-order chi connectivity index (χ0) is 18.3. The maximum Gasteiger partial charge on any atom is 0.325 e. The molecule has 1 aliphatic carbocycles. The third-order valence-corrected chi connectivity index (χ3v) is 5.46. The minimum absolute atomic E-state index is 0.0645. The predicted octanol–water partition coefficient (Wildman–Crippen LogP) is 1.85. The van der Waals surface area contributed by atoms with Crippen LogP contribution in [0, 0.1) is 5.92 Å². The molecule has 2 aliphatic heterocycles. The molecule has 8 heteroatoms. The summed E-state index contributed by atoms with van der Waals surface area (Å²) < 4.78 is 10.5. The number of fused-ring (bicyclic) bond motifs is 1. The fraction of sp³-hybridized carbons (Fsp3) is 0.500. The average Bonchev–Trinajstić information content (AvgIpc) is 3.16. The van der Waals surface area contributed by atoms with E-state index in [-0.39, 0.29) is 25.2 Å². The number of hydrogen-bond donors (Lipinski definition) is 2. The number of anilines is 1. The van der Waals surface area contributed by atoms with E-state index in [0.29, 0.717) is 23.6 Å². The van der Waals surface area contributed by atoms with Gasteiger partial charge in [0.2, 0.25) is 12.7 Å². The quantitative estimate of drug-likeness (QED) is 0.803. The Morgan fingerprint density at radius 3 is 2.92 bits per heavy atom. The average molecular weight is 359 g/mol. The Morgan fingerprint density at radius 1 is 1.31 bits per heavy atom. The Kier molecular flexibility index (Phi) is 3.97. The molecule has 4 rings (SSSR count). The number of hydrogen-bond acceptors (Lipinski definition) is 5. The topological polar surface area (TPSA) is 97.0 Å². The molecule has 8 nitrogen and oxygen atoms in total. The van der Waals surface area contributed by atoms with E-state index >= 15 is 0 Å². The second-order valence-corrected chi connectivity index (χ2v) is 7.06. The Hall–Kier alpha value is -2.77. The number of nitrogens with one attached hydrogen (secondary N) is 2. The number of nitrogens with zero attached hydrogens (tertiary/aromatic N) is 1. The lowest BCUT2D eigenvalue weighted by atomic mass is 9.73. The molecular weight excluding hydrogens is 338 g/mol. The van der Waals surface area contributed by atoms with Crippen molar-refractivity contribution in [2.75, 3.05) is 18.7 Å². The van der Waals surface area contributed by atoms with Gasteiger partial charge in [0.25, 0.3) is 5.91 Å². The van der Waals surface area contributed by atoms with Crippen molar-refractivity contribution in [1.29, 1.82) is 0 Å². The Morgan fingerprint density at radius 2 is 2.12 bits per heavy atom. The van der Waals surface area contributed by atoms with Crippen molar-refractivity contribution in [2.45, 2.75) is 38.1 Å². The molecule has 2 heterocycles. The van der Waals surface area contributed by atoms with Crippen LogP contribution in [0.1, 0.15) is 32.6 Å². The van der Waals surface area contributed by atoms with Crippen LogP contribution in [0.4, 0.5) is 10.5 Å². The van der Waals surface area contributed by atoms with Crippen molar-refractivity contribution < 1.29 is 23.9 Å². The summed E-state index contributed by atoms with van der Waals surface area (Å²) >= 11 is 0. The van der Waals surface area contributed by atoms with E-state index in [4.69, 9.17) is 9.47 Å². The van der Waals surface area contributed by atoms with Crippen molar-refractivity contribution in [3.8, 4) is 11.5 Å². The van der Waals surface area contributed by atoms with Crippen LogP contribution in [-0.2, 0) is 9.59 Å². The van der Waals surface area contributed by atoms with Gasteiger partial charge in [0.05, 0.1) is 0 Å². The molecule has 1 saturated carbocycles. The van der Waals surface area contributed by atoms with E-state index in [1.165, 1.54) is 0 Å². The van der Waals surface area contributed by atoms with E-state index in [1.54, 1.807) is 18.2 Å². The lowest BCUT2D eigenvalue weighted by Gasteiger charge is -2.36. The van der Waals surface area contributed by atoms with Gasteiger partial charge >= 0.3 is 6.03 Å². The number of benzene rings is 1. The normalized spacial score (nSPS) is 27.0. The first kappa shape index (κ1) is 16.7. The summed E-state index contributed by atoms with van der Waals surface area (Å²) in [6.45, 7) is 1.82. The van der Waals surface area contributed by atoms with E-state index in [9.17, 15) is 14.4 Å². The number of ether oxygens (including phenoxy) is 2. The SMILES string of the molecule is C[C@@H]1CCCC[C@]12NC(=O)N(CC(=O)Nc1ccc3c(c1)OCO3)C2=O. The maximum atomic E-state index is 12.9. The van der Waals surface area contributed by atoms with Crippen molar-refractivity contribution in [3.63, 3.8) is 0 Å². The highest BCUT2D eigenvalue weighted by atomic mass is 16.7. The summed E-state index contributed by atoms with van der Waals surface area (Å²) in [4.78, 5) is 38.6. The number of imide groups is 1. The molecule has 1 aromatic carbocycles. The summed E-state index contributed by atoms with van der Waals surface area (Å²) in [5, 5.41) is 5.54. The predicted molar refractivity (Wildman–Crippen MR) is 91.8 cm³/mol. The molecule has 1 aromatic rings. The highest BCUT2D eigenvalue weighted by molar-refractivity contribution is 6.10. The number of amides is 4. The summed E-state index contributed by atoms with van der Waals surface area (Å²) in [6.07, 6.45) is 3.46. The van der Waals surface area contributed by atoms with Crippen LogP contribution in [0.15, 0.2) is 18.2 Å². The van der Waals surface area contributed by atoms with Crippen LogP contribution in [0.25, 0.3) is 0 Å². The van der Waals surface area contributed by atoms with Crippen LogP contribution in [0.5, 0.6) is 11.5 Å². The second-order valence-electron chi connectivity index (χ2n) is 7.06. The molecule has 1 saturated heterocycles. The Labute approximate surface area is 150 Å². The van der Waals surface area contributed by atoms with Crippen LogP contribution in [-0.4, -0.2) is 41.6 Å². The highest BCUT2D eigenvalue weighted by Crippen LogP contribution is 2.38. The molecule has 0 bridgehead atoms. The zero-order valence-electron chi connectivity index (χ0n) is 14.5. The van der Waals surface area contributed by atoms with E-state index in [0.717, 1.165) is 24.2 Å². The van der Waals surface area contributed by atoms with Crippen LogP contribution in [0.2, 0.25) is 0 Å². The smallest absolute Gasteiger partial charge is 0.325 e. The van der Waals surface area contributed by atoms with Gasteiger partial charge in [0.15, 0.2) is 11.5 Å². The largest absolute Gasteiger partial charge is 0.454 e. The van der Waals surface area contributed by atoms with Crippen molar-refractivity contribution in [3.05, 3.63) is 18.2 Å². The van der Waals surface area contributed by atoms with Gasteiger partial charge in [-0.25, -0.2) is 4.79 Å². The van der Waals surface area contributed by atoms with E-state index in [1.807, 2.05) is 6.92 Å². The van der Waals surface area contributed by atoms with Gasteiger partial charge in [0, 0.05) is 11.8 Å². The van der Waals surface area contributed by atoms with E-state index < -0.39 is 17.5 Å². The zero-order valence-corrected chi connectivity index (χ0v) is 14.5. The standard InChI is InChI=1S/C18H21N3O5/c1-11-4-2-3-7-18(11)16(23)21(17(24)20-18)9-15(22)19-12-5-6-13-14(8-12)26-10-25-13/h5-6,8,11H,2-4,7,9-10H2,1H3,(H,19,22)(H,20,24)/t11-,18+/m1/s1. The van der Waals surface area contributed by atoms with Gasteiger partial charge in [-0.3, -0.25) is 14.5 Å². The van der Waals surface area contributed by atoms with Crippen LogP contribution >= 0.6 is 0 Å². The molecule has 4 amide bonds. The summed E-state index contributed by atoms with van der Waals surface area (Å²) in [5.41, 5.74) is -0.332. The molecule has 138 valence electrons. The first-order chi connectivity index (χ1) is 12.5. The van der Waals surface area contributed by atoms with Gasteiger partial charge in [-0.15, -0.1) is 0 Å². The summed E-state index contributed by atoms with van der Waals surface area (Å²) in [5.74, 6) is 0.496. The van der Waals surface area contributed by atoms with Crippen molar-refractivity contribution in [2.24, 2.45) is 5.92 Å². The molecule has 0 unspecified atom stereocenters. The number of carbonyl (C=O) groups excluding carboxylic acids is 3. The first-order valence-corrected chi connectivity index (χ1v) is 8.83. The monoisotopic (exact) mass is 359 g/mol. The lowest BCUT2D eigenvalue weighted by molar-refractivity contribution is -0.136. The fourth-order valence-corrected chi connectivity index (χ4v) is 3.96. The number of carbonyl (C=O) groups is 3. The van der Waals surface area contributed by atoms with Crippen molar-refractivity contribution in [1.82, 2.24) is 10.2 Å². The minimum Gasteiger partial charge on any atom is -0.454 e. The second kappa shape index (κ2) is 6.19. The molecule has 2 atom stereocenters. The summed E-state index contributed by atoms with van der Waals surface area (Å²) in [7, 11) is 0.